The number of hydrogen-bond donors (Lipinski definition) is 0. The van der Waals surface area contributed by atoms with E-state index in [0.717, 1.165) is 18.6 Å². The lowest BCUT2D eigenvalue weighted by atomic mass is 9.91. The van der Waals surface area contributed by atoms with E-state index in [2.05, 4.69) is 9.78 Å². The minimum Gasteiger partial charge on any atom is -0.298 e. The normalized spacial score (nSPS) is 13.1. The van der Waals surface area contributed by atoms with Crippen molar-refractivity contribution < 1.29 is 58.9 Å². The van der Waals surface area contributed by atoms with Crippen molar-refractivity contribution in [3.8, 4) is 11.1 Å². The Bertz CT molecular complexity index is 1310. The molecular formula is C23H11F9O4. The van der Waals surface area contributed by atoms with Crippen LogP contribution in [0.4, 0.5) is 39.5 Å². The molecule has 0 atom stereocenters. The molecule has 190 valence electrons. The molecule has 0 radical (unpaired) electrons. The molecule has 0 aliphatic carbocycles. The van der Waals surface area contributed by atoms with Crippen LogP contribution in [0.2, 0.25) is 0 Å². The van der Waals surface area contributed by atoms with E-state index < -0.39 is 80.4 Å². The summed E-state index contributed by atoms with van der Waals surface area (Å²) in [5.74, 6) is -24.8. The predicted octanol–water partition coefficient (Wildman–Crippen LogP) is 6.09. The molecule has 0 saturated carbocycles. The van der Waals surface area contributed by atoms with Crippen LogP contribution in [0.25, 0.3) is 11.1 Å². The highest BCUT2D eigenvalue weighted by Gasteiger charge is 2.36. The Morgan fingerprint density at radius 2 is 1.11 bits per heavy atom. The van der Waals surface area contributed by atoms with Crippen molar-refractivity contribution in [1.29, 1.82) is 0 Å². The maximum atomic E-state index is 14.4. The summed E-state index contributed by atoms with van der Waals surface area (Å²) in [6.07, 6.45) is 1.29. The Kier molecular flexibility index (Phi) is 8.03. The van der Waals surface area contributed by atoms with Crippen LogP contribution in [0.15, 0.2) is 30.3 Å². The highest BCUT2D eigenvalue weighted by Crippen LogP contribution is 2.35. The molecule has 4 nitrogen and oxygen atoms in total. The molecule has 1 heterocycles. The van der Waals surface area contributed by atoms with Crippen LogP contribution in [-0.2, 0) is 14.6 Å². The SMILES string of the molecule is O=C(c1c(F)c(F)c(F)c(F)c1F)c1c(F)c(F)c(F)c(F)c1-c1ccccc1.O=C1CCCOO1. The van der Waals surface area contributed by atoms with Gasteiger partial charge < -0.3 is 0 Å². The largest absolute Gasteiger partial charge is 0.342 e. The molecule has 0 N–H and O–H groups in total. The number of halogens is 9. The standard InChI is InChI=1S/C19H5F9O.C4H6O3/c20-10-7(6-4-2-1-3-5-6)8(11(21)15(25)14(10)24)19(29)9-12(22)16(26)18(28)17(27)13(9)23;5-4-2-1-3-6-7-4/h1-5H;1-3H2. The Morgan fingerprint density at radius 1 is 0.639 bits per heavy atom. The Labute approximate surface area is 195 Å². The van der Waals surface area contributed by atoms with Gasteiger partial charge >= 0.3 is 5.97 Å². The van der Waals surface area contributed by atoms with E-state index in [4.69, 9.17) is 0 Å². The van der Waals surface area contributed by atoms with Crippen LogP contribution in [0.3, 0.4) is 0 Å². The monoisotopic (exact) mass is 522 g/mol. The zero-order chi connectivity index (χ0) is 26.7. The molecule has 0 aromatic heterocycles. The van der Waals surface area contributed by atoms with E-state index in [0.29, 0.717) is 13.0 Å². The van der Waals surface area contributed by atoms with Crippen molar-refractivity contribution in [1.82, 2.24) is 0 Å². The molecular weight excluding hydrogens is 511 g/mol. The third kappa shape index (κ3) is 4.91. The van der Waals surface area contributed by atoms with E-state index >= 15 is 0 Å². The quantitative estimate of drug-likeness (QED) is 0.137. The second kappa shape index (κ2) is 10.8. The minimum absolute atomic E-state index is 0.258. The number of carbonyl (C=O) groups is 2. The van der Waals surface area contributed by atoms with Gasteiger partial charge in [-0.2, -0.15) is 4.89 Å². The van der Waals surface area contributed by atoms with Gasteiger partial charge in [0.25, 0.3) is 0 Å². The lowest BCUT2D eigenvalue weighted by molar-refractivity contribution is -0.284. The third-order valence-electron chi connectivity index (χ3n) is 4.75. The van der Waals surface area contributed by atoms with E-state index in [1.165, 1.54) is 18.2 Å². The van der Waals surface area contributed by atoms with Gasteiger partial charge in [0, 0.05) is 5.56 Å². The second-order valence-electron chi connectivity index (χ2n) is 7.03. The van der Waals surface area contributed by atoms with Crippen molar-refractivity contribution in [2.45, 2.75) is 12.8 Å². The summed E-state index contributed by atoms with van der Waals surface area (Å²) < 4.78 is 124. The van der Waals surface area contributed by atoms with Crippen molar-refractivity contribution in [3.63, 3.8) is 0 Å². The molecule has 0 unspecified atom stereocenters. The number of rotatable bonds is 3. The molecule has 3 aromatic rings. The average molecular weight is 522 g/mol. The van der Waals surface area contributed by atoms with Gasteiger partial charge in [0.15, 0.2) is 46.5 Å². The molecule has 0 bridgehead atoms. The molecule has 0 amide bonds. The summed E-state index contributed by atoms with van der Waals surface area (Å²) in [4.78, 5) is 31.1. The molecule has 1 fully saturated rings. The highest BCUT2D eigenvalue weighted by atomic mass is 19.2. The summed E-state index contributed by atoms with van der Waals surface area (Å²) in [6, 6.07) is 5.86. The molecule has 0 spiro atoms. The van der Waals surface area contributed by atoms with Crippen molar-refractivity contribution in [3.05, 3.63) is 93.8 Å². The Hall–Kier alpha value is -3.87. The summed E-state index contributed by atoms with van der Waals surface area (Å²) in [6.45, 7) is 0.547. The lowest BCUT2D eigenvalue weighted by Gasteiger charge is -2.14. The van der Waals surface area contributed by atoms with Gasteiger partial charge in [-0.15, -0.1) is 0 Å². The molecule has 1 aliphatic rings. The fourth-order valence-electron chi connectivity index (χ4n) is 3.07. The van der Waals surface area contributed by atoms with Crippen LogP contribution in [0.5, 0.6) is 0 Å². The minimum atomic E-state index is -2.61. The van der Waals surface area contributed by atoms with Crippen LogP contribution in [-0.4, -0.2) is 18.4 Å². The summed E-state index contributed by atoms with van der Waals surface area (Å²) >= 11 is 0. The molecule has 4 rings (SSSR count). The number of ketones is 1. The number of carbonyl (C=O) groups excluding carboxylic acids is 2. The van der Waals surface area contributed by atoms with Crippen LogP contribution in [0.1, 0.15) is 28.8 Å². The highest BCUT2D eigenvalue weighted by molar-refractivity contribution is 6.13. The molecule has 1 aliphatic heterocycles. The molecule has 1 saturated heterocycles. The van der Waals surface area contributed by atoms with Gasteiger partial charge in [0.1, 0.15) is 5.56 Å². The van der Waals surface area contributed by atoms with Crippen molar-refractivity contribution >= 4 is 11.8 Å². The Balaban J connectivity index is 0.000000444. The summed E-state index contributed by atoms with van der Waals surface area (Å²) in [5.41, 5.74) is -5.57. The molecule has 36 heavy (non-hydrogen) atoms. The first-order chi connectivity index (χ1) is 17.0. The van der Waals surface area contributed by atoms with E-state index in [-0.39, 0.29) is 5.97 Å². The van der Waals surface area contributed by atoms with Gasteiger partial charge in [-0.25, -0.2) is 44.3 Å². The van der Waals surface area contributed by atoms with Crippen molar-refractivity contribution in [2.24, 2.45) is 0 Å². The second-order valence-corrected chi connectivity index (χ2v) is 7.03. The zero-order valence-electron chi connectivity index (χ0n) is 17.5. The number of benzene rings is 3. The van der Waals surface area contributed by atoms with Crippen LogP contribution in [0, 0.1) is 52.4 Å². The molecule has 3 aromatic carbocycles. The fourth-order valence-corrected chi connectivity index (χ4v) is 3.07. The van der Waals surface area contributed by atoms with E-state index in [1.807, 2.05) is 0 Å². The fraction of sp³-hybridized carbons (Fsp3) is 0.130. The summed E-state index contributed by atoms with van der Waals surface area (Å²) in [5, 5.41) is 0. The van der Waals surface area contributed by atoms with Gasteiger partial charge in [-0.05, 0) is 12.0 Å². The van der Waals surface area contributed by atoms with Gasteiger partial charge in [0.05, 0.1) is 18.6 Å². The van der Waals surface area contributed by atoms with Gasteiger partial charge in [0.2, 0.25) is 11.6 Å². The molecule has 13 heteroatoms. The Morgan fingerprint density at radius 3 is 1.56 bits per heavy atom. The lowest BCUT2D eigenvalue weighted by Crippen LogP contribution is -2.18. The van der Waals surface area contributed by atoms with Crippen LogP contribution >= 0.6 is 0 Å². The van der Waals surface area contributed by atoms with Gasteiger partial charge in [-0.1, -0.05) is 30.3 Å². The first-order valence-corrected chi connectivity index (χ1v) is 9.78. The predicted molar refractivity (Wildman–Crippen MR) is 103 cm³/mol. The summed E-state index contributed by atoms with van der Waals surface area (Å²) in [7, 11) is 0. The van der Waals surface area contributed by atoms with Gasteiger partial charge in [-0.3, -0.25) is 9.68 Å². The van der Waals surface area contributed by atoms with Crippen LogP contribution < -0.4 is 0 Å². The maximum absolute atomic E-state index is 14.4. The first-order valence-electron chi connectivity index (χ1n) is 9.78. The third-order valence-corrected chi connectivity index (χ3v) is 4.75. The van der Waals surface area contributed by atoms with E-state index in [9.17, 15) is 49.1 Å². The smallest absolute Gasteiger partial charge is 0.298 e. The zero-order valence-corrected chi connectivity index (χ0v) is 17.5. The maximum Gasteiger partial charge on any atom is 0.342 e. The topological polar surface area (TPSA) is 52.6 Å². The first kappa shape index (κ1) is 26.7. The van der Waals surface area contributed by atoms with Crippen molar-refractivity contribution in [2.75, 3.05) is 6.61 Å². The van der Waals surface area contributed by atoms with E-state index in [1.54, 1.807) is 0 Å². The number of hydrogen-bond acceptors (Lipinski definition) is 4. The average Bonchev–Trinajstić information content (AvgIpc) is 2.88.